The quantitative estimate of drug-likeness (QED) is 0.705. The fourth-order valence-corrected chi connectivity index (χ4v) is 1.73. The molecule has 0 aromatic heterocycles. The first kappa shape index (κ1) is 25.0. The fourth-order valence-electron chi connectivity index (χ4n) is 0.577. The van der Waals surface area contributed by atoms with Crippen molar-refractivity contribution in [1.29, 1.82) is 0 Å². The van der Waals surface area contributed by atoms with Gasteiger partial charge in [0.1, 0.15) is 0 Å². The summed E-state index contributed by atoms with van der Waals surface area (Å²) in [7, 11) is 0.750. The summed E-state index contributed by atoms with van der Waals surface area (Å²) < 4.78 is 0. The molecule has 0 aromatic rings. The molecule has 0 unspecified atom stereocenters. The van der Waals surface area contributed by atoms with E-state index in [-0.39, 0.29) is 6.61 Å². The molecule has 0 fully saturated rings. The minimum absolute atomic E-state index is 0. The van der Waals surface area contributed by atoms with Gasteiger partial charge in [0.15, 0.2) is 0 Å². The Labute approximate surface area is 110 Å². The van der Waals surface area contributed by atoms with Crippen LogP contribution in [0.15, 0.2) is 0 Å². The van der Waals surface area contributed by atoms with E-state index in [0.717, 1.165) is 37.5 Å². The minimum Gasteiger partial charge on any atom is -0.857 e. The van der Waals surface area contributed by atoms with Gasteiger partial charge in [-0.3, -0.25) is 0 Å². The molecule has 0 aliphatic heterocycles. The molecule has 15 heavy (non-hydrogen) atoms. The van der Waals surface area contributed by atoms with Crippen LogP contribution in [-0.4, -0.2) is 44.2 Å². The van der Waals surface area contributed by atoms with E-state index in [9.17, 15) is 0 Å². The summed E-state index contributed by atoms with van der Waals surface area (Å²) in [6.45, 7) is 10.6. The molecule has 0 atom stereocenters. The second-order valence-corrected chi connectivity index (χ2v) is 6.92. The van der Waals surface area contributed by atoms with Gasteiger partial charge in [-0.2, -0.15) is 7.11 Å². The molecule has 0 saturated carbocycles. The van der Waals surface area contributed by atoms with E-state index in [1.807, 2.05) is 0 Å². The van der Waals surface area contributed by atoms with E-state index in [1.54, 1.807) is 6.92 Å². The second kappa shape index (κ2) is 46.0. The fraction of sp³-hybridized carbons (Fsp3) is 1.00. The van der Waals surface area contributed by atoms with Crippen molar-refractivity contribution in [2.24, 2.45) is 0 Å². The zero-order valence-electron chi connectivity index (χ0n) is 11.5. The van der Waals surface area contributed by atoms with Crippen molar-refractivity contribution in [2.75, 3.05) is 13.7 Å². The molecule has 0 radical (unpaired) electrons. The SMILES string of the molecule is CC[O-].C[CH2][Al+][CH2]C.C[CH2][Al+][CH2]C.C[O-]. The number of hydrogen-bond donors (Lipinski definition) is 0. The minimum atomic E-state index is 0. The summed E-state index contributed by atoms with van der Waals surface area (Å²) >= 11 is 1.63. The smallest absolute Gasteiger partial charge is 0.153 e. The van der Waals surface area contributed by atoms with Gasteiger partial charge < -0.3 is 10.2 Å². The maximum atomic E-state index is 8.93. The summed E-state index contributed by atoms with van der Waals surface area (Å²) in [6, 6.07) is 0. The molecule has 0 aliphatic carbocycles. The summed E-state index contributed by atoms with van der Waals surface area (Å²) in [5.74, 6) is 0. The predicted octanol–water partition coefficient (Wildman–Crippen LogP) is 1.48. The van der Waals surface area contributed by atoms with E-state index in [1.165, 1.54) is 21.1 Å². The van der Waals surface area contributed by atoms with Gasteiger partial charge in [-0.15, -0.1) is 6.61 Å². The molecule has 0 N–H and O–H groups in total. The zero-order valence-corrected chi connectivity index (χ0v) is 13.8. The van der Waals surface area contributed by atoms with Crippen LogP contribution in [-0.2, 0) is 0 Å². The van der Waals surface area contributed by atoms with Gasteiger partial charge in [0.25, 0.3) is 0 Å². The molecule has 90 valence electrons. The molecule has 0 rings (SSSR count). The first-order valence-corrected chi connectivity index (χ1v) is 9.13. The average molecular weight is 246 g/mol. The van der Waals surface area contributed by atoms with Crippen molar-refractivity contribution in [1.82, 2.24) is 0 Å². The molecule has 0 spiro atoms. The average Bonchev–Trinajstić information content (AvgIpc) is 2.25. The third-order valence-corrected chi connectivity index (χ3v) is 3.46. The molecule has 0 amide bonds. The van der Waals surface area contributed by atoms with Crippen LogP contribution in [0.25, 0.3) is 0 Å². The largest absolute Gasteiger partial charge is 0.857 e. The Balaban J connectivity index is -0.0000000574. The van der Waals surface area contributed by atoms with Crippen molar-refractivity contribution in [3.05, 3.63) is 0 Å². The van der Waals surface area contributed by atoms with Crippen LogP contribution in [0.2, 0.25) is 21.1 Å². The Hall–Kier alpha value is 0.985. The van der Waals surface area contributed by atoms with Crippen LogP contribution in [0.5, 0.6) is 0 Å². The molecular formula is C11H28Al2O2. The molecule has 4 heteroatoms. The Kier molecular flexibility index (Phi) is 76.6. The predicted molar refractivity (Wildman–Crippen MR) is 69.9 cm³/mol. The van der Waals surface area contributed by atoms with Gasteiger partial charge in [0.2, 0.25) is 0 Å². The maximum absolute atomic E-state index is 8.93. The molecule has 0 heterocycles. The molecule has 0 aliphatic rings. The summed E-state index contributed by atoms with van der Waals surface area (Å²) in [4.78, 5) is 0. The molecule has 0 saturated heterocycles. The van der Waals surface area contributed by atoms with Gasteiger partial charge >= 0.3 is 79.3 Å². The third-order valence-electron chi connectivity index (χ3n) is 1.15. The Morgan fingerprint density at radius 2 is 0.800 bits per heavy atom. The van der Waals surface area contributed by atoms with Crippen molar-refractivity contribution >= 4 is 30.4 Å². The molecule has 0 aromatic carbocycles. The standard InChI is InChI=1S/C2H5O.4C2H5.CH3O.2Al/c1-2-3;5*1-2;;/h2H2,1H3;4*1H2,2H3;1H3;;/q-1;;;;;-1;2*+1. The number of hydrogen-bond acceptors (Lipinski definition) is 2. The van der Waals surface area contributed by atoms with Gasteiger partial charge in [-0.25, -0.2) is 0 Å². The van der Waals surface area contributed by atoms with Crippen LogP contribution in [0.3, 0.4) is 0 Å². The molecule has 0 bridgehead atoms. The second-order valence-electron chi connectivity index (χ2n) is 2.50. The first-order valence-electron chi connectivity index (χ1n) is 5.87. The van der Waals surface area contributed by atoms with Crippen molar-refractivity contribution in [3.63, 3.8) is 0 Å². The molecule has 2 nitrogen and oxygen atoms in total. The monoisotopic (exact) mass is 246 g/mol. The summed E-state index contributed by atoms with van der Waals surface area (Å²) in [6.07, 6.45) is 0. The van der Waals surface area contributed by atoms with E-state index < -0.39 is 0 Å². The van der Waals surface area contributed by atoms with Crippen LogP contribution in [0.4, 0.5) is 0 Å². The van der Waals surface area contributed by atoms with Gasteiger partial charge in [0, 0.05) is 0 Å². The summed E-state index contributed by atoms with van der Waals surface area (Å²) in [5, 5.41) is 22.9. The van der Waals surface area contributed by atoms with Crippen molar-refractivity contribution in [3.8, 4) is 0 Å². The zero-order chi connectivity index (χ0) is 12.9. The Morgan fingerprint density at radius 3 is 0.800 bits per heavy atom. The van der Waals surface area contributed by atoms with Crippen molar-refractivity contribution in [2.45, 2.75) is 55.7 Å². The van der Waals surface area contributed by atoms with E-state index in [2.05, 4.69) is 27.7 Å². The van der Waals surface area contributed by atoms with E-state index in [4.69, 9.17) is 10.2 Å². The maximum Gasteiger partial charge on any atom is -0.153 e. The third kappa shape index (κ3) is 102. The summed E-state index contributed by atoms with van der Waals surface area (Å²) in [5.41, 5.74) is 0. The number of rotatable bonds is 4. The van der Waals surface area contributed by atoms with Gasteiger partial charge in [-0.1, -0.05) is 6.92 Å². The van der Waals surface area contributed by atoms with Crippen LogP contribution < -0.4 is 10.2 Å². The van der Waals surface area contributed by atoms with Crippen LogP contribution in [0, 0.1) is 0 Å². The van der Waals surface area contributed by atoms with E-state index >= 15 is 0 Å². The topological polar surface area (TPSA) is 46.1 Å². The normalized spacial score (nSPS) is 6.13. The van der Waals surface area contributed by atoms with Crippen LogP contribution in [0.1, 0.15) is 34.6 Å². The Morgan fingerprint density at radius 1 is 0.667 bits per heavy atom. The van der Waals surface area contributed by atoms with Gasteiger partial charge in [0.05, 0.1) is 0 Å². The first-order chi connectivity index (χ1) is 7.24. The molecular weight excluding hydrogens is 218 g/mol. The van der Waals surface area contributed by atoms with Gasteiger partial charge in [-0.05, 0) is 0 Å². The Bertz CT molecular complexity index is 45.9. The van der Waals surface area contributed by atoms with Crippen molar-refractivity contribution < 1.29 is 10.2 Å². The van der Waals surface area contributed by atoms with E-state index in [0.29, 0.717) is 0 Å². The van der Waals surface area contributed by atoms with Crippen LogP contribution >= 0.6 is 0 Å².